The zero-order chi connectivity index (χ0) is 15.7. The smallest absolute Gasteiger partial charge is 0.149 e. The summed E-state index contributed by atoms with van der Waals surface area (Å²) >= 11 is 0. The first kappa shape index (κ1) is 18.1. The van der Waals surface area contributed by atoms with Crippen LogP contribution in [0.25, 0.3) is 0 Å². The Bertz CT molecular complexity index is 352. The summed E-state index contributed by atoms with van der Waals surface area (Å²) in [6.07, 6.45) is 9.13. The Morgan fingerprint density at radius 3 is 2.38 bits per heavy atom. The molecule has 0 amide bonds. The van der Waals surface area contributed by atoms with Gasteiger partial charge in [-0.25, -0.2) is 0 Å². The van der Waals surface area contributed by atoms with Gasteiger partial charge in [-0.2, -0.15) is 0 Å². The monoisotopic (exact) mass is 292 g/mol. The van der Waals surface area contributed by atoms with Crippen molar-refractivity contribution >= 4 is 0 Å². The second-order valence-electron chi connectivity index (χ2n) is 5.36. The van der Waals surface area contributed by atoms with Crippen LogP contribution in [0, 0.1) is 0 Å². The van der Waals surface area contributed by atoms with Crippen molar-refractivity contribution in [2.75, 3.05) is 26.2 Å². The van der Waals surface area contributed by atoms with Gasteiger partial charge in [0.15, 0.2) is 0 Å². The highest BCUT2D eigenvalue weighted by Crippen LogP contribution is 2.40. The number of piperidine rings is 1. The lowest BCUT2D eigenvalue weighted by atomic mass is 9.98. The van der Waals surface area contributed by atoms with E-state index in [1.165, 1.54) is 18.4 Å². The van der Waals surface area contributed by atoms with Crippen LogP contribution in [0.5, 0.6) is 0 Å². The van der Waals surface area contributed by atoms with Gasteiger partial charge in [-0.15, -0.1) is 0 Å². The standard InChI is InChI=1S/C16H26N2O.C2H6/c1-4-7-14(5-2)12-16(13-19-16)18(6-3)15-8-10-17-11-9-15;1-2/h4-5,7,15,17H,1-2,6,8-13H2,3H3;1-2H3/b14-7+;. The second kappa shape index (κ2) is 9.19. The fourth-order valence-corrected chi connectivity index (χ4v) is 3.12. The van der Waals surface area contributed by atoms with E-state index in [0.717, 1.165) is 32.7 Å². The van der Waals surface area contributed by atoms with Crippen molar-refractivity contribution in [2.45, 2.75) is 51.8 Å². The van der Waals surface area contributed by atoms with Crippen molar-refractivity contribution in [3.8, 4) is 0 Å². The van der Waals surface area contributed by atoms with Crippen LogP contribution in [-0.2, 0) is 4.74 Å². The van der Waals surface area contributed by atoms with Gasteiger partial charge >= 0.3 is 0 Å². The third-order valence-corrected chi connectivity index (χ3v) is 4.17. The Labute approximate surface area is 130 Å². The van der Waals surface area contributed by atoms with Crippen molar-refractivity contribution in [1.29, 1.82) is 0 Å². The number of epoxide rings is 1. The molecule has 2 aliphatic rings. The van der Waals surface area contributed by atoms with Crippen LogP contribution >= 0.6 is 0 Å². The summed E-state index contributed by atoms with van der Waals surface area (Å²) in [5, 5.41) is 3.43. The van der Waals surface area contributed by atoms with Crippen molar-refractivity contribution in [1.82, 2.24) is 10.2 Å². The Balaban J connectivity index is 0.00000106. The van der Waals surface area contributed by atoms with Crippen LogP contribution in [0.1, 0.15) is 40.0 Å². The molecule has 0 spiro atoms. The Morgan fingerprint density at radius 2 is 1.95 bits per heavy atom. The number of nitrogens with zero attached hydrogens (tertiary/aromatic N) is 1. The molecule has 0 saturated carbocycles. The normalized spacial score (nSPS) is 26.0. The van der Waals surface area contributed by atoms with E-state index in [-0.39, 0.29) is 5.72 Å². The highest BCUT2D eigenvalue weighted by atomic mass is 16.6. The van der Waals surface area contributed by atoms with Crippen LogP contribution in [0.4, 0.5) is 0 Å². The van der Waals surface area contributed by atoms with Gasteiger partial charge < -0.3 is 10.1 Å². The second-order valence-corrected chi connectivity index (χ2v) is 5.36. The van der Waals surface area contributed by atoms with E-state index >= 15 is 0 Å². The van der Waals surface area contributed by atoms with Gasteiger partial charge in [0, 0.05) is 12.5 Å². The summed E-state index contributed by atoms with van der Waals surface area (Å²) in [5.74, 6) is 0. The lowest BCUT2D eigenvalue weighted by Crippen LogP contribution is -2.50. The Hall–Kier alpha value is -0.900. The molecule has 120 valence electrons. The summed E-state index contributed by atoms with van der Waals surface area (Å²) in [4.78, 5) is 2.55. The van der Waals surface area contributed by atoms with Gasteiger partial charge in [-0.3, -0.25) is 4.90 Å². The summed E-state index contributed by atoms with van der Waals surface area (Å²) in [7, 11) is 0. The molecule has 0 aromatic rings. The van der Waals surface area contributed by atoms with Gasteiger partial charge in [0.25, 0.3) is 0 Å². The van der Waals surface area contributed by atoms with E-state index in [4.69, 9.17) is 4.74 Å². The number of likely N-dealkylation sites (N-methyl/N-ethyl adjacent to an activating group) is 1. The summed E-state index contributed by atoms with van der Waals surface area (Å²) in [5.41, 5.74) is 1.12. The number of hydrogen-bond donors (Lipinski definition) is 1. The predicted octanol–water partition coefficient (Wildman–Crippen LogP) is 3.50. The average molecular weight is 292 g/mol. The molecular formula is C18H32N2O. The number of hydrogen-bond acceptors (Lipinski definition) is 3. The minimum Gasteiger partial charge on any atom is -0.353 e. The maximum atomic E-state index is 5.86. The minimum atomic E-state index is -0.0835. The molecule has 3 heteroatoms. The molecule has 1 N–H and O–H groups in total. The van der Waals surface area contributed by atoms with Crippen LogP contribution in [-0.4, -0.2) is 42.9 Å². The summed E-state index contributed by atoms with van der Waals surface area (Å²) < 4.78 is 5.86. The number of nitrogens with one attached hydrogen (secondary N) is 1. The van der Waals surface area contributed by atoms with Crippen molar-refractivity contribution in [2.24, 2.45) is 0 Å². The molecule has 21 heavy (non-hydrogen) atoms. The first-order chi connectivity index (χ1) is 10.3. The largest absolute Gasteiger partial charge is 0.353 e. The van der Waals surface area contributed by atoms with E-state index < -0.39 is 0 Å². The SMILES string of the molecule is C=C/C=C(\C=C)CC1(N(CC)C2CCNCC2)CO1.CC. The topological polar surface area (TPSA) is 27.8 Å². The lowest BCUT2D eigenvalue weighted by Gasteiger charge is -2.38. The van der Waals surface area contributed by atoms with Gasteiger partial charge in [-0.1, -0.05) is 52.2 Å². The van der Waals surface area contributed by atoms with Gasteiger partial charge in [-0.05, 0) is 38.0 Å². The first-order valence-electron chi connectivity index (χ1n) is 8.31. The van der Waals surface area contributed by atoms with Gasteiger partial charge in [0.1, 0.15) is 5.72 Å². The first-order valence-corrected chi connectivity index (χ1v) is 8.31. The molecule has 0 radical (unpaired) electrons. The third kappa shape index (κ3) is 4.80. The van der Waals surface area contributed by atoms with Crippen LogP contribution in [0.15, 0.2) is 37.0 Å². The zero-order valence-corrected chi connectivity index (χ0v) is 14.0. The van der Waals surface area contributed by atoms with Crippen LogP contribution < -0.4 is 5.32 Å². The van der Waals surface area contributed by atoms with Gasteiger partial charge in [0.05, 0.1) is 6.61 Å². The van der Waals surface area contributed by atoms with Crippen LogP contribution in [0.3, 0.4) is 0 Å². The number of allylic oxidation sites excluding steroid dienone is 3. The van der Waals surface area contributed by atoms with Crippen molar-refractivity contribution in [3.05, 3.63) is 37.0 Å². The molecule has 2 rings (SSSR count). The zero-order valence-electron chi connectivity index (χ0n) is 14.0. The molecule has 0 aromatic heterocycles. The molecule has 1 unspecified atom stereocenters. The molecule has 2 heterocycles. The maximum Gasteiger partial charge on any atom is 0.149 e. The third-order valence-electron chi connectivity index (χ3n) is 4.17. The van der Waals surface area contributed by atoms with E-state index in [1.807, 2.05) is 32.1 Å². The van der Waals surface area contributed by atoms with Crippen molar-refractivity contribution in [3.63, 3.8) is 0 Å². The van der Waals surface area contributed by atoms with Gasteiger partial charge in [0.2, 0.25) is 0 Å². The highest BCUT2D eigenvalue weighted by Gasteiger charge is 2.51. The minimum absolute atomic E-state index is 0.0835. The summed E-state index contributed by atoms with van der Waals surface area (Å²) in [6.45, 7) is 18.0. The molecule has 1 atom stereocenters. The predicted molar refractivity (Wildman–Crippen MR) is 91.4 cm³/mol. The quantitative estimate of drug-likeness (QED) is 0.575. The molecule has 3 nitrogen and oxygen atoms in total. The average Bonchev–Trinajstić information content (AvgIpc) is 3.31. The van der Waals surface area contributed by atoms with E-state index in [9.17, 15) is 0 Å². The summed E-state index contributed by atoms with van der Waals surface area (Å²) in [6, 6.07) is 0.642. The fourth-order valence-electron chi connectivity index (χ4n) is 3.12. The molecule has 2 fully saturated rings. The van der Waals surface area contributed by atoms with Crippen LogP contribution in [0.2, 0.25) is 0 Å². The Morgan fingerprint density at radius 1 is 1.33 bits per heavy atom. The molecular weight excluding hydrogens is 260 g/mol. The van der Waals surface area contributed by atoms with E-state index in [2.05, 4.69) is 30.3 Å². The van der Waals surface area contributed by atoms with E-state index in [1.54, 1.807) is 0 Å². The van der Waals surface area contributed by atoms with E-state index in [0.29, 0.717) is 6.04 Å². The molecule has 0 bridgehead atoms. The van der Waals surface area contributed by atoms with Crippen molar-refractivity contribution < 1.29 is 4.74 Å². The Kier molecular flexibility index (Phi) is 7.94. The maximum absolute atomic E-state index is 5.86. The fraction of sp³-hybridized carbons (Fsp3) is 0.667. The number of ether oxygens (including phenoxy) is 1. The molecule has 0 aromatic carbocycles. The molecule has 0 aliphatic carbocycles. The lowest BCUT2D eigenvalue weighted by molar-refractivity contribution is 0.0300. The molecule has 2 saturated heterocycles. The highest BCUT2D eigenvalue weighted by molar-refractivity contribution is 5.24. The molecule has 2 aliphatic heterocycles. The number of rotatable bonds is 7.